The first kappa shape index (κ1) is 16.0. The lowest BCUT2D eigenvalue weighted by molar-refractivity contribution is -0.124. The van der Waals surface area contributed by atoms with Crippen molar-refractivity contribution in [1.29, 1.82) is 0 Å². The molecule has 5 nitrogen and oxygen atoms in total. The molecule has 0 bridgehead atoms. The van der Waals surface area contributed by atoms with Crippen LogP contribution in [0.2, 0.25) is 0 Å². The Morgan fingerprint density at radius 2 is 1.96 bits per heavy atom. The van der Waals surface area contributed by atoms with Gasteiger partial charge in [-0.2, -0.15) is 0 Å². The van der Waals surface area contributed by atoms with E-state index in [4.69, 9.17) is 23.2 Å². The van der Waals surface area contributed by atoms with Gasteiger partial charge in [0, 0.05) is 5.56 Å². The van der Waals surface area contributed by atoms with Crippen LogP contribution < -0.4 is 10.6 Å². The number of amidine groups is 1. The highest BCUT2D eigenvalue weighted by Crippen LogP contribution is 2.28. The molecule has 0 aliphatic carbocycles. The number of nitrogens with zero attached hydrogens (tertiary/aromatic N) is 1. The lowest BCUT2D eigenvalue weighted by Crippen LogP contribution is -2.58. The number of benzene rings is 1. The molecule has 1 aromatic heterocycles. The van der Waals surface area contributed by atoms with Crippen molar-refractivity contribution in [3.05, 3.63) is 58.3 Å². The van der Waals surface area contributed by atoms with E-state index in [2.05, 4.69) is 15.6 Å². The van der Waals surface area contributed by atoms with Gasteiger partial charge in [-0.25, -0.2) is 4.99 Å². The third-order valence-electron chi connectivity index (χ3n) is 3.28. The van der Waals surface area contributed by atoms with Crippen molar-refractivity contribution in [2.45, 2.75) is 10.5 Å². The number of thiophene rings is 1. The van der Waals surface area contributed by atoms with Crippen LogP contribution in [0.3, 0.4) is 0 Å². The Morgan fingerprint density at radius 3 is 2.57 bits per heavy atom. The maximum absolute atomic E-state index is 12.4. The zero-order valence-electron chi connectivity index (χ0n) is 11.6. The summed E-state index contributed by atoms with van der Waals surface area (Å²) in [7, 11) is 0. The molecule has 1 aliphatic heterocycles. The smallest absolute Gasteiger partial charge is 0.277 e. The van der Waals surface area contributed by atoms with E-state index in [1.165, 1.54) is 11.3 Å². The molecule has 2 amide bonds. The molecule has 0 saturated carbocycles. The summed E-state index contributed by atoms with van der Waals surface area (Å²) in [5.74, 6) is -0.715. The van der Waals surface area contributed by atoms with E-state index in [9.17, 15) is 9.59 Å². The number of carbonyl (C=O) groups excluding carboxylic acids is 2. The minimum absolute atomic E-state index is 0.338. The van der Waals surface area contributed by atoms with Gasteiger partial charge >= 0.3 is 0 Å². The Bertz CT molecular complexity index is 762. The normalized spacial score (nSPS) is 20.3. The molecule has 2 heterocycles. The quantitative estimate of drug-likeness (QED) is 0.815. The third-order valence-corrected chi connectivity index (χ3v) is 4.78. The van der Waals surface area contributed by atoms with Crippen LogP contribution in [0.5, 0.6) is 0 Å². The molecule has 0 spiro atoms. The Morgan fingerprint density at radius 1 is 1.22 bits per heavy atom. The van der Waals surface area contributed by atoms with Crippen molar-refractivity contribution in [3.8, 4) is 0 Å². The van der Waals surface area contributed by atoms with Gasteiger partial charge in [0.2, 0.25) is 5.66 Å². The number of carbonyl (C=O) groups is 2. The minimum Gasteiger partial charge on any atom is -0.318 e. The summed E-state index contributed by atoms with van der Waals surface area (Å²) < 4.78 is 0. The largest absolute Gasteiger partial charge is 0.318 e. The monoisotopic (exact) mass is 367 g/mol. The van der Waals surface area contributed by atoms with Crippen molar-refractivity contribution >= 4 is 52.2 Å². The molecule has 8 heteroatoms. The highest BCUT2D eigenvalue weighted by atomic mass is 35.5. The first-order valence-electron chi connectivity index (χ1n) is 6.64. The number of nitrogens with one attached hydrogen (secondary N) is 2. The molecular formula is C15H11Cl2N3O2S. The number of halogens is 2. The van der Waals surface area contributed by atoms with Gasteiger partial charge in [0.05, 0.1) is 4.88 Å². The Labute approximate surface area is 146 Å². The van der Waals surface area contributed by atoms with Crippen LogP contribution >= 0.6 is 34.5 Å². The summed E-state index contributed by atoms with van der Waals surface area (Å²) in [6, 6.07) is 12.1. The number of rotatable bonds is 4. The molecule has 0 unspecified atom stereocenters. The summed E-state index contributed by atoms with van der Waals surface area (Å²) in [5, 5.41) is 7.03. The van der Waals surface area contributed by atoms with Gasteiger partial charge in [-0.15, -0.1) is 11.3 Å². The van der Waals surface area contributed by atoms with Gasteiger partial charge < -0.3 is 10.6 Å². The van der Waals surface area contributed by atoms with E-state index in [1.54, 1.807) is 36.4 Å². The van der Waals surface area contributed by atoms with Crippen LogP contribution in [0, 0.1) is 0 Å². The number of hydrogen-bond donors (Lipinski definition) is 2. The second kappa shape index (κ2) is 6.31. The van der Waals surface area contributed by atoms with E-state index in [0.717, 1.165) is 4.88 Å². The molecule has 1 atom stereocenters. The molecule has 118 valence electrons. The molecule has 1 aliphatic rings. The molecule has 0 radical (unpaired) electrons. The average Bonchev–Trinajstić information content (AvgIpc) is 3.17. The van der Waals surface area contributed by atoms with Crippen molar-refractivity contribution < 1.29 is 9.59 Å². The summed E-state index contributed by atoms with van der Waals surface area (Å²) in [5.41, 5.74) is -1.37. The highest BCUT2D eigenvalue weighted by molar-refractivity contribution is 7.12. The lowest BCUT2D eigenvalue weighted by Gasteiger charge is -2.25. The Kier molecular flexibility index (Phi) is 4.39. The van der Waals surface area contributed by atoms with Crippen LogP contribution in [-0.4, -0.2) is 28.1 Å². The maximum Gasteiger partial charge on any atom is 0.277 e. The van der Waals surface area contributed by atoms with Gasteiger partial charge in [0.1, 0.15) is 5.84 Å². The van der Waals surface area contributed by atoms with E-state index >= 15 is 0 Å². The number of aliphatic imine (C=N–C) groups is 1. The molecule has 2 aromatic rings. The van der Waals surface area contributed by atoms with Gasteiger partial charge in [0.15, 0.2) is 4.84 Å². The van der Waals surface area contributed by atoms with Crippen LogP contribution in [0.25, 0.3) is 0 Å². The van der Waals surface area contributed by atoms with Crippen molar-refractivity contribution in [3.63, 3.8) is 0 Å². The van der Waals surface area contributed by atoms with Crippen LogP contribution in [0.1, 0.15) is 15.2 Å². The highest BCUT2D eigenvalue weighted by Gasteiger charge is 2.50. The van der Waals surface area contributed by atoms with Crippen LogP contribution in [-0.2, 0) is 4.79 Å². The predicted octanol–water partition coefficient (Wildman–Crippen LogP) is 2.55. The van der Waals surface area contributed by atoms with Gasteiger partial charge in [-0.1, -0.05) is 47.5 Å². The first-order chi connectivity index (χ1) is 11.0. The molecular weight excluding hydrogens is 357 g/mol. The summed E-state index contributed by atoms with van der Waals surface area (Å²) in [6.45, 7) is 0. The van der Waals surface area contributed by atoms with Gasteiger partial charge in [0.25, 0.3) is 11.8 Å². The predicted molar refractivity (Wildman–Crippen MR) is 91.1 cm³/mol. The van der Waals surface area contributed by atoms with Crippen molar-refractivity contribution in [2.75, 3.05) is 0 Å². The second-order valence-electron chi connectivity index (χ2n) is 4.78. The fraction of sp³-hybridized carbons (Fsp3) is 0.133. The number of amides is 2. The van der Waals surface area contributed by atoms with E-state index < -0.39 is 22.3 Å². The molecule has 3 rings (SSSR count). The van der Waals surface area contributed by atoms with Crippen LogP contribution in [0.15, 0.2) is 52.8 Å². The lowest BCUT2D eigenvalue weighted by atomic mass is 10.1. The van der Waals surface area contributed by atoms with E-state index in [1.807, 2.05) is 11.4 Å². The SMILES string of the molecule is O=C(N[C@@]1(C(Cl)Cl)N=C(c2cccs2)NC1=O)c1ccccc1. The fourth-order valence-electron chi connectivity index (χ4n) is 2.11. The molecule has 1 aromatic carbocycles. The second-order valence-corrected chi connectivity index (χ2v) is 6.82. The summed E-state index contributed by atoms with van der Waals surface area (Å²) in [4.78, 5) is 28.6. The zero-order chi connectivity index (χ0) is 16.4. The number of hydrogen-bond acceptors (Lipinski definition) is 4. The van der Waals surface area contributed by atoms with Gasteiger partial charge in [-0.05, 0) is 23.6 Å². The Balaban J connectivity index is 1.94. The van der Waals surface area contributed by atoms with E-state index in [0.29, 0.717) is 11.4 Å². The molecule has 0 fully saturated rings. The Hall–Kier alpha value is -1.89. The first-order valence-corrected chi connectivity index (χ1v) is 8.39. The average molecular weight is 368 g/mol. The maximum atomic E-state index is 12.4. The standard InChI is InChI=1S/C15H11Cl2N3O2S/c16-13(17)15(20-12(21)9-5-2-1-3-6-9)14(22)18-11(19-15)10-7-4-8-23-10/h1-8,13H,(H,20,21)(H,18,19,22)/t15-/m1/s1. The topological polar surface area (TPSA) is 70.6 Å². The van der Waals surface area contributed by atoms with Crippen molar-refractivity contribution in [2.24, 2.45) is 4.99 Å². The fourth-order valence-corrected chi connectivity index (χ4v) is 3.18. The van der Waals surface area contributed by atoms with Crippen molar-refractivity contribution in [1.82, 2.24) is 10.6 Å². The number of alkyl halides is 2. The summed E-state index contributed by atoms with van der Waals surface area (Å²) >= 11 is 13.4. The molecule has 0 saturated heterocycles. The third kappa shape index (κ3) is 2.97. The molecule has 23 heavy (non-hydrogen) atoms. The molecule has 2 N–H and O–H groups in total. The summed E-state index contributed by atoms with van der Waals surface area (Å²) in [6.07, 6.45) is 0. The van der Waals surface area contributed by atoms with E-state index in [-0.39, 0.29) is 0 Å². The van der Waals surface area contributed by atoms with Gasteiger partial charge in [-0.3, -0.25) is 9.59 Å². The van der Waals surface area contributed by atoms with Crippen LogP contribution in [0.4, 0.5) is 0 Å². The zero-order valence-corrected chi connectivity index (χ0v) is 14.0. The minimum atomic E-state index is -1.75.